The number of nitrogens with one attached hydrogen (secondary N) is 1. The second-order valence-corrected chi connectivity index (χ2v) is 12.4. The zero-order valence-corrected chi connectivity index (χ0v) is 20.2. The largest absolute Gasteiger partial charge is 0.390 e. The van der Waals surface area contributed by atoms with Crippen LogP contribution in [0.2, 0.25) is 0 Å². The van der Waals surface area contributed by atoms with E-state index in [4.69, 9.17) is 9.47 Å². The minimum Gasteiger partial charge on any atom is -0.390 e. The van der Waals surface area contributed by atoms with Crippen LogP contribution in [0.4, 0.5) is 0 Å². The van der Waals surface area contributed by atoms with Gasteiger partial charge in [-0.15, -0.1) is 0 Å². The molecule has 2 aliphatic heterocycles. The van der Waals surface area contributed by atoms with Gasteiger partial charge in [0.05, 0.1) is 17.8 Å². The number of aromatic amines is 1. The number of para-hydroxylation sites is 1. The molecule has 1 saturated heterocycles. The van der Waals surface area contributed by atoms with Gasteiger partial charge in [0.2, 0.25) is 0 Å². The second kappa shape index (κ2) is 5.76. The number of aliphatic hydroxyl groups is 2. The van der Waals surface area contributed by atoms with Crippen molar-refractivity contribution in [2.24, 2.45) is 17.3 Å². The molecule has 3 N–H and O–H groups in total. The molecular formula is C28H35NO4. The summed E-state index contributed by atoms with van der Waals surface area (Å²) in [6.07, 6.45) is 4.17. The molecule has 1 aromatic carbocycles. The van der Waals surface area contributed by atoms with Crippen LogP contribution in [0.3, 0.4) is 0 Å². The Morgan fingerprint density at radius 2 is 1.85 bits per heavy atom. The van der Waals surface area contributed by atoms with Crippen LogP contribution in [0.5, 0.6) is 0 Å². The maximum atomic E-state index is 12.7. The molecule has 1 aromatic heterocycles. The number of rotatable bonds is 0. The summed E-state index contributed by atoms with van der Waals surface area (Å²) in [5.74, 6) is -0.572. The van der Waals surface area contributed by atoms with Gasteiger partial charge in [-0.2, -0.15) is 0 Å². The van der Waals surface area contributed by atoms with Crippen LogP contribution in [0.25, 0.3) is 10.9 Å². The summed E-state index contributed by atoms with van der Waals surface area (Å²) in [6.45, 7) is 10.8. The van der Waals surface area contributed by atoms with E-state index in [2.05, 4.69) is 69.9 Å². The van der Waals surface area contributed by atoms with Crippen molar-refractivity contribution in [2.45, 2.75) is 94.9 Å². The van der Waals surface area contributed by atoms with Gasteiger partial charge in [-0.05, 0) is 50.7 Å². The fourth-order valence-corrected chi connectivity index (χ4v) is 8.95. The minimum absolute atomic E-state index is 0.0509. The average Bonchev–Trinajstić information content (AvgIpc) is 3.34. The number of H-pyrrole nitrogens is 1. The normalized spacial score (nSPS) is 49.2. The fraction of sp³-hybridized carbons (Fsp3) is 0.643. The highest BCUT2D eigenvalue weighted by atomic mass is 16.8. The molecule has 3 aliphatic carbocycles. The number of ether oxygens (including phenoxy) is 2. The number of hydrogen-bond donors (Lipinski definition) is 3. The zero-order valence-electron chi connectivity index (χ0n) is 20.2. The molecule has 3 heterocycles. The Hall–Kier alpha value is -1.66. The number of aliphatic hydroxyl groups excluding tert-OH is 1. The average molecular weight is 450 g/mol. The van der Waals surface area contributed by atoms with Crippen molar-refractivity contribution in [1.82, 2.24) is 4.98 Å². The third-order valence-electron chi connectivity index (χ3n) is 10.7. The summed E-state index contributed by atoms with van der Waals surface area (Å²) in [4.78, 5) is 3.76. The van der Waals surface area contributed by atoms with Crippen molar-refractivity contribution in [3.63, 3.8) is 0 Å². The van der Waals surface area contributed by atoms with Gasteiger partial charge in [0.15, 0.2) is 5.79 Å². The van der Waals surface area contributed by atoms with Crippen LogP contribution in [-0.4, -0.2) is 44.4 Å². The highest BCUT2D eigenvalue weighted by Gasteiger charge is 2.77. The van der Waals surface area contributed by atoms with Gasteiger partial charge < -0.3 is 24.7 Å². The van der Waals surface area contributed by atoms with Crippen LogP contribution in [0.1, 0.15) is 65.1 Å². The molecule has 2 bridgehead atoms. The number of aromatic nitrogens is 1. The van der Waals surface area contributed by atoms with E-state index in [0.717, 1.165) is 23.9 Å². The molecular weight excluding hydrogens is 414 g/mol. The van der Waals surface area contributed by atoms with E-state index in [1.807, 2.05) is 0 Å². The maximum Gasteiger partial charge on any atom is 0.194 e. The van der Waals surface area contributed by atoms with Crippen molar-refractivity contribution in [3.8, 4) is 0 Å². The summed E-state index contributed by atoms with van der Waals surface area (Å²) in [5, 5.41) is 25.7. The monoisotopic (exact) mass is 449 g/mol. The number of fused-ring (bicyclic) bond motifs is 9. The van der Waals surface area contributed by atoms with E-state index < -0.39 is 28.5 Å². The molecule has 5 aliphatic rings. The van der Waals surface area contributed by atoms with Gasteiger partial charge >= 0.3 is 0 Å². The first-order chi connectivity index (χ1) is 15.5. The van der Waals surface area contributed by atoms with E-state index >= 15 is 0 Å². The molecule has 176 valence electrons. The van der Waals surface area contributed by atoms with E-state index in [0.29, 0.717) is 12.8 Å². The lowest BCUT2D eigenvalue weighted by Crippen LogP contribution is -2.74. The summed E-state index contributed by atoms with van der Waals surface area (Å²) < 4.78 is 13.3. The molecule has 2 unspecified atom stereocenters. The molecule has 0 amide bonds. The number of benzene rings is 1. The first kappa shape index (κ1) is 20.7. The van der Waals surface area contributed by atoms with Gasteiger partial charge in [0.1, 0.15) is 5.60 Å². The Morgan fingerprint density at radius 3 is 2.64 bits per heavy atom. The smallest absolute Gasteiger partial charge is 0.194 e. The summed E-state index contributed by atoms with van der Waals surface area (Å²) in [6, 6.07) is 8.50. The van der Waals surface area contributed by atoms with E-state index in [9.17, 15) is 10.2 Å². The fourth-order valence-electron chi connectivity index (χ4n) is 8.95. The maximum absolute atomic E-state index is 12.7. The quantitative estimate of drug-likeness (QED) is 0.523. The predicted octanol–water partition coefficient (Wildman–Crippen LogP) is 4.36. The first-order valence-electron chi connectivity index (χ1n) is 12.6. The van der Waals surface area contributed by atoms with Crippen molar-refractivity contribution in [1.29, 1.82) is 0 Å². The van der Waals surface area contributed by atoms with Crippen LogP contribution in [-0.2, 0) is 21.3 Å². The highest BCUT2D eigenvalue weighted by Crippen LogP contribution is 2.72. The van der Waals surface area contributed by atoms with Crippen molar-refractivity contribution >= 4 is 10.9 Å². The highest BCUT2D eigenvalue weighted by molar-refractivity contribution is 5.86. The first-order valence-corrected chi connectivity index (χ1v) is 12.6. The van der Waals surface area contributed by atoms with Gasteiger partial charge in [-0.1, -0.05) is 45.0 Å². The van der Waals surface area contributed by atoms with E-state index in [1.165, 1.54) is 16.6 Å². The SMILES string of the molecule is C[C@@H]1C=C2[C@@]3(CCC4(C)[C@@]5(C)c6[nH]c7ccccc7c6C[C@@H]5C[C@H](O)[C@@]24O)OC1C(C)(C)O3. The lowest BCUT2D eigenvalue weighted by molar-refractivity contribution is -0.276. The molecule has 7 rings (SSSR count). The third kappa shape index (κ3) is 2.04. The molecule has 1 spiro atoms. The van der Waals surface area contributed by atoms with Gasteiger partial charge in [0, 0.05) is 45.3 Å². The lowest BCUT2D eigenvalue weighted by Gasteiger charge is -2.67. The standard InChI is InChI=1S/C28H35NO4/c1-15-12-20-27(32-23(15)24(2,3)33-27)11-10-25(4)26(5)16(14-21(30)28(20,25)31)13-18-17-8-6-7-9-19(17)29-22(18)26/h6-9,12,15-16,21,23,29-31H,10-11,13-14H2,1-5H3/t15-,16-,21+,23?,25?,26-,27+,28+/m1/s1. The second-order valence-electron chi connectivity index (χ2n) is 12.4. The molecule has 0 radical (unpaired) electrons. The van der Waals surface area contributed by atoms with Crippen LogP contribution < -0.4 is 0 Å². The Balaban J connectivity index is 1.45. The molecule has 5 nitrogen and oxygen atoms in total. The van der Waals surface area contributed by atoms with Crippen molar-refractivity contribution in [2.75, 3.05) is 0 Å². The third-order valence-corrected chi connectivity index (χ3v) is 10.7. The zero-order chi connectivity index (χ0) is 23.2. The number of hydrogen-bond acceptors (Lipinski definition) is 4. The van der Waals surface area contributed by atoms with E-state index in [-0.39, 0.29) is 23.4 Å². The predicted molar refractivity (Wildman–Crippen MR) is 126 cm³/mol. The lowest BCUT2D eigenvalue weighted by atomic mass is 9.41. The Bertz CT molecular complexity index is 1230. The van der Waals surface area contributed by atoms with Crippen LogP contribution in [0, 0.1) is 17.3 Å². The van der Waals surface area contributed by atoms with E-state index in [1.54, 1.807) is 0 Å². The molecule has 2 saturated carbocycles. The minimum atomic E-state index is -1.42. The molecule has 5 heteroatoms. The van der Waals surface area contributed by atoms with Crippen LogP contribution >= 0.6 is 0 Å². The Morgan fingerprint density at radius 1 is 1.09 bits per heavy atom. The summed E-state index contributed by atoms with van der Waals surface area (Å²) >= 11 is 0. The summed E-state index contributed by atoms with van der Waals surface area (Å²) in [7, 11) is 0. The topological polar surface area (TPSA) is 74.7 Å². The Kier molecular flexibility index (Phi) is 3.61. The van der Waals surface area contributed by atoms with Gasteiger partial charge in [-0.3, -0.25) is 0 Å². The summed E-state index contributed by atoms with van der Waals surface area (Å²) in [5.41, 5.74) is 1.79. The molecule has 33 heavy (non-hydrogen) atoms. The van der Waals surface area contributed by atoms with Gasteiger partial charge in [-0.25, -0.2) is 0 Å². The van der Waals surface area contributed by atoms with Crippen molar-refractivity contribution in [3.05, 3.63) is 47.2 Å². The van der Waals surface area contributed by atoms with Crippen molar-refractivity contribution < 1.29 is 19.7 Å². The Labute approximate surface area is 195 Å². The molecule has 2 aromatic rings. The van der Waals surface area contributed by atoms with Gasteiger partial charge in [0.25, 0.3) is 0 Å². The molecule has 8 atom stereocenters. The van der Waals surface area contributed by atoms with Crippen LogP contribution in [0.15, 0.2) is 35.9 Å². The molecule has 3 fully saturated rings.